The minimum absolute atomic E-state index is 0.199. The lowest BCUT2D eigenvalue weighted by molar-refractivity contribution is 0.0205. The van der Waals surface area contributed by atoms with Crippen molar-refractivity contribution >= 4 is 11.4 Å². The molecule has 2 aromatic heterocycles. The van der Waals surface area contributed by atoms with Gasteiger partial charge in [0.2, 0.25) is 5.88 Å². The summed E-state index contributed by atoms with van der Waals surface area (Å²) < 4.78 is 48.1. The van der Waals surface area contributed by atoms with Gasteiger partial charge in [0.1, 0.15) is 5.69 Å². The van der Waals surface area contributed by atoms with E-state index in [1.165, 1.54) is 0 Å². The molecular formula is C24H22F3N5O2. The van der Waals surface area contributed by atoms with E-state index < -0.39 is 23.6 Å². The average Bonchev–Trinajstić information content (AvgIpc) is 3.15. The summed E-state index contributed by atoms with van der Waals surface area (Å²) in [5, 5.41) is 4.19. The third kappa shape index (κ3) is 4.11. The normalized spacial score (nSPS) is 17.9. The van der Waals surface area contributed by atoms with Gasteiger partial charge in [-0.25, -0.2) is 23.1 Å². The highest BCUT2D eigenvalue weighted by molar-refractivity contribution is 5.99. The van der Waals surface area contributed by atoms with Crippen molar-refractivity contribution in [1.29, 1.82) is 0 Å². The molecule has 0 amide bonds. The van der Waals surface area contributed by atoms with Crippen LogP contribution in [0, 0.1) is 24.4 Å². The van der Waals surface area contributed by atoms with Crippen LogP contribution in [0.15, 0.2) is 48.0 Å². The van der Waals surface area contributed by atoms with E-state index in [1.54, 1.807) is 13.4 Å². The Morgan fingerprint density at radius 1 is 1.15 bits per heavy atom. The molecule has 34 heavy (non-hydrogen) atoms. The van der Waals surface area contributed by atoms with E-state index in [1.807, 2.05) is 40.8 Å². The maximum Gasteiger partial charge on any atom is 0.238 e. The highest BCUT2D eigenvalue weighted by Gasteiger charge is 2.28. The van der Waals surface area contributed by atoms with Crippen molar-refractivity contribution < 1.29 is 22.7 Å². The SMILES string of the molecule is COc1nc(C2=CC3=NOC(c4cc(F)c(F)c(F)c4)CN3CCC2)ccc1-n1cnc(C)c1. The van der Waals surface area contributed by atoms with Gasteiger partial charge in [-0.15, -0.1) is 0 Å². The smallest absolute Gasteiger partial charge is 0.238 e. The molecule has 1 aromatic carbocycles. The molecule has 4 heterocycles. The quantitative estimate of drug-likeness (QED) is 0.524. The van der Waals surface area contributed by atoms with Gasteiger partial charge in [-0.3, -0.25) is 0 Å². The van der Waals surface area contributed by atoms with E-state index in [4.69, 9.17) is 14.6 Å². The number of rotatable bonds is 4. The zero-order valence-corrected chi connectivity index (χ0v) is 18.6. The van der Waals surface area contributed by atoms with E-state index in [-0.39, 0.29) is 5.56 Å². The Kier molecular flexibility index (Phi) is 5.72. The second kappa shape index (κ2) is 8.85. The van der Waals surface area contributed by atoms with Crippen LogP contribution in [0.4, 0.5) is 13.2 Å². The van der Waals surface area contributed by atoms with Crippen LogP contribution in [0.3, 0.4) is 0 Å². The minimum Gasteiger partial charge on any atom is -0.479 e. The lowest BCUT2D eigenvalue weighted by Crippen LogP contribution is -2.38. The van der Waals surface area contributed by atoms with Crippen molar-refractivity contribution in [2.45, 2.75) is 25.9 Å². The van der Waals surface area contributed by atoms with Crippen molar-refractivity contribution in [1.82, 2.24) is 19.4 Å². The molecule has 5 rings (SSSR count). The summed E-state index contributed by atoms with van der Waals surface area (Å²) in [4.78, 5) is 16.5. The summed E-state index contributed by atoms with van der Waals surface area (Å²) >= 11 is 0. The number of oxime groups is 1. The predicted molar refractivity (Wildman–Crippen MR) is 119 cm³/mol. The molecule has 0 bridgehead atoms. The Labute approximate surface area is 194 Å². The second-order valence-corrected chi connectivity index (χ2v) is 8.21. The van der Waals surface area contributed by atoms with Gasteiger partial charge in [0.25, 0.3) is 0 Å². The average molecular weight is 469 g/mol. The first-order valence-electron chi connectivity index (χ1n) is 10.8. The summed E-state index contributed by atoms with van der Waals surface area (Å²) in [6.45, 7) is 2.92. The number of allylic oxidation sites excluding steroid dienone is 1. The van der Waals surface area contributed by atoms with E-state index in [0.29, 0.717) is 24.8 Å². The number of benzene rings is 1. The topological polar surface area (TPSA) is 64.8 Å². The molecule has 3 aromatic rings. The number of methoxy groups -OCH3 is 1. The number of amidine groups is 1. The van der Waals surface area contributed by atoms with Crippen LogP contribution in [0.2, 0.25) is 0 Å². The van der Waals surface area contributed by atoms with E-state index in [0.717, 1.165) is 47.6 Å². The number of hydrogen-bond acceptors (Lipinski definition) is 6. The van der Waals surface area contributed by atoms with Gasteiger partial charge in [0, 0.05) is 18.3 Å². The minimum atomic E-state index is -1.50. The van der Waals surface area contributed by atoms with Crippen LogP contribution in [0.25, 0.3) is 11.3 Å². The molecule has 0 N–H and O–H groups in total. The highest BCUT2D eigenvalue weighted by Crippen LogP contribution is 2.31. The Morgan fingerprint density at radius 2 is 1.94 bits per heavy atom. The van der Waals surface area contributed by atoms with Crippen LogP contribution >= 0.6 is 0 Å². The molecular weight excluding hydrogens is 447 g/mol. The fraction of sp³-hybridized carbons (Fsp3) is 0.292. The molecule has 0 saturated heterocycles. The van der Waals surface area contributed by atoms with Crippen LogP contribution < -0.4 is 4.74 Å². The zero-order chi connectivity index (χ0) is 23.8. The zero-order valence-electron chi connectivity index (χ0n) is 18.6. The highest BCUT2D eigenvalue weighted by atomic mass is 19.2. The number of halogens is 3. The fourth-order valence-electron chi connectivity index (χ4n) is 4.16. The second-order valence-electron chi connectivity index (χ2n) is 8.21. The van der Waals surface area contributed by atoms with Gasteiger partial charge in [0.05, 0.1) is 31.4 Å². The molecule has 0 spiro atoms. The van der Waals surface area contributed by atoms with Gasteiger partial charge in [-0.1, -0.05) is 5.16 Å². The summed E-state index contributed by atoms with van der Waals surface area (Å²) in [6.07, 6.45) is 6.36. The molecule has 1 unspecified atom stereocenters. The third-order valence-corrected chi connectivity index (χ3v) is 5.89. The van der Waals surface area contributed by atoms with E-state index in [2.05, 4.69) is 10.1 Å². The first-order valence-corrected chi connectivity index (χ1v) is 10.8. The molecule has 176 valence electrons. The molecule has 0 saturated carbocycles. The monoisotopic (exact) mass is 469 g/mol. The lowest BCUT2D eigenvalue weighted by Gasteiger charge is -2.31. The largest absolute Gasteiger partial charge is 0.479 e. The summed E-state index contributed by atoms with van der Waals surface area (Å²) in [5.74, 6) is -2.93. The summed E-state index contributed by atoms with van der Waals surface area (Å²) in [6, 6.07) is 5.74. The van der Waals surface area contributed by atoms with Gasteiger partial charge >= 0.3 is 0 Å². The van der Waals surface area contributed by atoms with Crippen molar-refractivity contribution in [2.75, 3.05) is 20.2 Å². The number of aryl methyl sites for hydroxylation is 1. The molecule has 0 radical (unpaired) electrons. The van der Waals surface area contributed by atoms with Gasteiger partial charge in [-0.05, 0) is 55.7 Å². The molecule has 0 aliphatic carbocycles. The Morgan fingerprint density at radius 3 is 2.65 bits per heavy atom. The summed E-state index contributed by atoms with van der Waals surface area (Å²) in [5.41, 5.74) is 3.59. The number of nitrogens with zero attached hydrogens (tertiary/aromatic N) is 5. The first-order chi connectivity index (χ1) is 16.4. The summed E-state index contributed by atoms with van der Waals surface area (Å²) in [7, 11) is 1.57. The Bertz CT molecular complexity index is 1280. The van der Waals surface area contributed by atoms with Crippen LogP contribution in [-0.2, 0) is 4.84 Å². The van der Waals surface area contributed by atoms with E-state index in [9.17, 15) is 13.2 Å². The van der Waals surface area contributed by atoms with Crippen molar-refractivity contribution in [2.24, 2.45) is 5.16 Å². The van der Waals surface area contributed by atoms with Gasteiger partial charge in [0.15, 0.2) is 29.4 Å². The maximum absolute atomic E-state index is 13.7. The van der Waals surface area contributed by atoms with Gasteiger partial charge in [-0.2, -0.15) is 0 Å². The van der Waals surface area contributed by atoms with Crippen LogP contribution in [0.1, 0.15) is 35.9 Å². The third-order valence-electron chi connectivity index (χ3n) is 5.89. The molecule has 2 aliphatic rings. The number of ether oxygens (including phenoxy) is 1. The van der Waals surface area contributed by atoms with Crippen molar-refractivity contribution in [3.05, 3.63) is 77.3 Å². The van der Waals surface area contributed by atoms with E-state index >= 15 is 0 Å². The first kappa shape index (κ1) is 22.0. The molecule has 7 nitrogen and oxygen atoms in total. The van der Waals surface area contributed by atoms with Crippen molar-refractivity contribution in [3.63, 3.8) is 0 Å². The molecule has 0 fully saturated rings. The standard InChI is InChI=1S/C24H22F3N5O2/c1-14-11-32(13-28-14)20-6-5-19(29-24(20)33-2)15-4-3-7-31-12-21(34-30-22(31)10-15)16-8-17(25)23(27)18(26)9-16/h5-6,8-11,13,21H,3-4,7,12H2,1-2H3. The van der Waals surface area contributed by atoms with Crippen molar-refractivity contribution in [3.8, 4) is 11.6 Å². The Hall–Kier alpha value is -3.82. The lowest BCUT2D eigenvalue weighted by atomic mass is 10.1. The van der Waals surface area contributed by atoms with Gasteiger partial charge < -0.3 is 19.0 Å². The number of pyridine rings is 1. The number of fused-ring (bicyclic) bond motifs is 1. The molecule has 2 aliphatic heterocycles. The van der Waals surface area contributed by atoms with Crippen LogP contribution in [0.5, 0.6) is 5.88 Å². The predicted octanol–water partition coefficient (Wildman–Crippen LogP) is 4.57. The fourth-order valence-corrected chi connectivity index (χ4v) is 4.16. The maximum atomic E-state index is 13.7. The molecule has 10 heteroatoms. The number of imidazole rings is 1. The Balaban J connectivity index is 1.42. The number of hydrogen-bond donors (Lipinski definition) is 0. The van der Waals surface area contributed by atoms with Crippen LogP contribution in [-0.4, -0.2) is 45.5 Å². The number of aromatic nitrogens is 3. The molecule has 1 atom stereocenters.